The van der Waals surface area contributed by atoms with Crippen molar-refractivity contribution in [1.29, 1.82) is 0 Å². The molecule has 2 heterocycles. The summed E-state index contributed by atoms with van der Waals surface area (Å²) < 4.78 is 11.0. The molecular weight excluding hydrogens is 368 g/mol. The Hall–Kier alpha value is -3.32. The molecule has 0 bridgehead atoms. The van der Waals surface area contributed by atoms with Crippen molar-refractivity contribution in [1.82, 2.24) is 9.97 Å². The summed E-state index contributed by atoms with van der Waals surface area (Å²) in [5, 5.41) is 6.41. The SMILES string of the molecule is O=C(Nc1ccc2c(c1)OCCO2)c1ccnc(Nc2cccc(Cl)c2)n1. The first-order valence-corrected chi connectivity index (χ1v) is 8.62. The van der Waals surface area contributed by atoms with Gasteiger partial charge in [0.2, 0.25) is 5.95 Å². The third-order valence-corrected chi connectivity index (χ3v) is 4.00. The number of hydrogen-bond donors (Lipinski definition) is 2. The van der Waals surface area contributed by atoms with Crippen molar-refractivity contribution in [2.75, 3.05) is 23.8 Å². The van der Waals surface area contributed by atoms with E-state index in [4.69, 9.17) is 21.1 Å². The van der Waals surface area contributed by atoms with Gasteiger partial charge in [-0.25, -0.2) is 9.97 Å². The van der Waals surface area contributed by atoms with E-state index in [1.165, 1.54) is 12.3 Å². The monoisotopic (exact) mass is 382 g/mol. The van der Waals surface area contributed by atoms with Gasteiger partial charge in [0.05, 0.1) is 0 Å². The number of nitrogens with one attached hydrogen (secondary N) is 2. The lowest BCUT2D eigenvalue weighted by molar-refractivity contribution is 0.102. The summed E-state index contributed by atoms with van der Waals surface area (Å²) >= 11 is 5.97. The molecule has 2 aromatic carbocycles. The first kappa shape index (κ1) is 17.1. The van der Waals surface area contributed by atoms with Crippen LogP contribution in [0.15, 0.2) is 54.7 Å². The van der Waals surface area contributed by atoms with Gasteiger partial charge in [0.1, 0.15) is 18.9 Å². The minimum absolute atomic E-state index is 0.226. The van der Waals surface area contributed by atoms with Crippen molar-refractivity contribution < 1.29 is 14.3 Å². The molecule has 136 valence electrons. The van der Waals surface area contributed by atoms with E-state index in [9.17, 15) is 4.79 Å². The van der Waals surface area contributed by atoms with Gasteiger partial charge in [0.15, 0.2) is 11.5 Å². The van der Waals surface area contributed by atoms with Crippen LogP contribution in [0.25, 0.3) is 0 Å². The summed E-state index contributed by atoms with van der Waals surface area (Å²) in [4.78, 5) is 20.9. The van der Waals surface area contributed by atoms with Crippen LogP contribution in [0.5, 0.6) is 11.5 Å². The second kappa shape index (κ2) is 7.51. The fourth-order valence-corrected chi connectivity index (χ4v) is 2.75. The van der Waals surface area contributed by atoms with Gasteiger partial charge in [-0.2, -0.15) is 0 Å². The Labute approximate surface area is 160 Å². The van der Waals surface area contributed by atoms with Crippen LogP contribution in [0.4, 0.5) is 17.3 Å². The van der Waals surface area contributed by atoms with Gasteiger partial charge in [0, 0.05) is 28.7 Å². The Morgan fingerprint density at radius 2 is 1.85 bits per heavy atom. The van der Waals surface area contributed by atoms with Crippen molar-refractivity contribution in [3.63, 3.8) is 0 Å². The summed E-state index contributed by atoms with van der Waals surface area (Å²) in [5.41, 5.74) is 1.54. The second-order valence-electron chi connectivity index (χ2n) is 5.71. The topological polar surface area (TPSA) is 85.4 Å². The van der Waals surface area contributed by atoms with Crippen molar-refractivity contribution in [2.45, 2.75) is 0 Å². The van der Waals surface area contributed by atoms with E-state index in [0.717, 1.165) is 5.69 Å². The van der Waals surface area contributed by atoms with E-state index < -0.39 is 0 Å². The Balaban J connectivity index is 1.49. The number of carbonyl (C=O) groups is 1. The number of nitrogens with zero attached hydrogens (tertiary/aromatic N) is 2. The molecule has 0 saturated heterocycles. The third-order valence-electron chi connectivity index (χ3n) is 3.77. The molecule has 8 heteroatoms. The number of amides is 1. The molecule has 0 fully saturated rings. The molecule has 1 aliphatic rings. The van der Waals surface area contributed by atoms with Crippen LogP contribution < -0.4 is 20.1 Å². The minimum atomic E-state index is -0.358. The summed E-state index contributed by atoms with van der Waals surface area (Å²) in [7, 11) is 0. The second-order valence-corrected chi connectivity index (χ2v) is 6.15. The zero-order valence-electron chi connectivity index (χ0n) is 14.1. The van der Waals surface area contributed by atoms with Crippen LogP contribution in [-0.4, -0.2) is 29.1 Å². The van der Waals surface area contributed by atoms with Crippen molar-refractivity contribution in [2.24, 2.45) is 0 Å². The van der Waals surface area contributed by atoms with Crippen LogP contribution in [-0.2, 0) is 0 Å². The predicted octanol–water partition coefficient (Wildman–Crippen LogP) is 3.90. The Morgan fingerprint density at radius 3 is 2.70 bits per heavy atom. The Bertz CT molecular complexity index is 996. The molecule has 3 aromatic rings. The molecule has 27 heavy (non-hydrogen) atoms. The highest BCUT2D eigenvalue weighted by atomic mass is 35.5. The molecule has 1 aliphatic heterocycles. The van der Waals surface area contributed by atoms with E-state index in [1.54, 1.807) is 30.3 Å². The van der Waals surface area contributed by atoms with Crippen LogP contribution in [0, 0.1) is 0 Å². The number of fused-ring (bicyclic) bond motifs is 1. The van der Waals surface area contributed by atoms with Gasteiger partial charge in [-0.15, -0.1) is 0 Å². The molecule has 0 unspecified atom stereocenters. The van der Waals surface area contributed by atoms with E-state index >= 15 is 0 Å². The lowest BCUT2D eigenvalue weighted by Gasteiger charge is -2.19. The molecule has 0 radical (unpaired) electrons. The number of rotatable bonds is 4. The van der Waals surface area contributed by atoms with E-state index in [1.807, 2.05) is 12.1 Å². The summed E-state index contributed by atoms with van der Waals surface area (Å²) in [6, 6.07) is 13.9. The van der Waals surface area contributed by atoms with E-state index in [-0.39, 0.29) is 11.6 Å². The van der Waals surface area contributed by atoms with Gasteiger partial charge in [0.25, 0.3) is 5.91 Å². The van der Waals surface area contributed by atoms with Gasteiger partial charge in [-0.05, 0) is 36.4 Å². The molecule has 1 aromatic heterocycles. The van der Waals surface area contributed by atoms with Gasteiger partial charge < -0.3 is 20.1 Å². The third kappa shape index (κ3) is 4.09. The summed E-state index contributed by atoms with van der Waals surface area (Å²) in [5.74, 6) is 1.20. The maximum Gasteiger partial charge on any atom is 0.274 e. The molecule has 0 spiro atoms. The van der Waals surface area contributed by atoms with Gasteiger partial charge >= 0.3 is 0 Å². The largest absolute Gasteiger partial charge is 0.486 e. The zero-order valence-corrected chi connectivity index (χ0v) is 14.9. The van der Waals surface area contributed by atoms with Gasteiger partial charge in [-0.3, -0.25) is 4.79 Å². The highest BCUT2D eigenvalue weighted by Gasteiger charge is 2.14. The average Bonchev–Trinajstić information content (AvgIpc) is 2.68. The predicted molar refractivity (Wildman–Crippen MR) is 102 cm³/mol. The normalized spacial score (nSPS) is 12.3. The van der Waals surface area contributed by atoms with Crippen LogP contribution in [0.3, 0.4) is 0 Å². The lowest BCUT2D eigenvalue weighted by atomic mass is 10.2. The Kier molecular flexibility index (Phi) is 4.76. The number of benzene rings is 2. The number of aromatic nitrogens is 2. The maximum absolute atomic E-state index is 12.5. The molecule has 0 saturated carbocycles. The highest BCUT2D eigenvalue weighted by molar-refractivity contribution is 6.30. The first-order chi connectivity index (χ1) is 13.2. The number of hydrogen-bond acceptors (Lipinski definition) is 6. The molecule has 7 nitrogen and oxygen atoms in total. The fraction of sp³-hybridized carbons (Fsp3) is 0.105. The van der Waals surface area contributed by atoms with Crippen molar-refractivity contribution in [3.8, 4) is 11.5 Å². The van der Waals surface area contributed by atoms with Crippen molar-refractivity contribution >= 4 is 34.8 Å². The lowest BCUT2D eigenvalue weighted by Crippen LogP contribution is -2.17. The van der Waals surface area contributed by atoms with E-state index in [2.05, 4.69) is 20.6 Å². The van der Waals surface area contributed by atoms with E-state index in [0.29, 0.717) is 41.4 Å². The van der Waals surface area contributed by atoms with Crippen molar-refractivity contribution in [3.05, 3.63) is 65.4 Å². The summed E-state index contributed by atoms with van der Waals surface area (Å²) in [6.45, 7) is 0.997. The standard InChI is InChI=1S/C19H15ClN4O3/c20-12-2-1-3-13(10-12)23-19-21-7-6-15(24-19)18(25)22-14-4-5-16-17(11-14)27-9-8-26-16/h1-7,10-11H,8-9H2,(H,22,25)(H,21,23,24). The molecular formula is C19H15ClN4O3. The summed E-state index contributed by atoms with van der Waals surface area (Å²) in [6.07, 6.45) is 1.51. The molecule has 1 amide bonds. The Morgan fingerprint density at radius 1 is 1.00 bits per heavy atom. The molecule has 0 atom stereocenters. The highest BCUT2D eigenvalue weighted by Crippen LogP contribution is 2.32. The maximum atomic E-state index is 12.5. The smallest absolute Gasteiger partial charge is 0.274 e. The van der Waals surface area contributed by atoms with Crippen LogP contribution in [0.2, 0.25) is 5.02 Å². The minimum Gasteiger partial charge on any atom is -0.486 e. The molecule has 4 rings (SSSR count). The first-order valence-electron chi connectivity index (χ1n) is 8.24. The fourth-order valence-electron chi connectivity index (χ4n) is 2.56. The number of anilines is 3. The average molecular weight is 383 g/mol. The number of halogens is 1. The van der Waals surface area contributed by atoms with Crippen LogP contribution >= 0.6 is 11.6 Å². The molecule has 2 N–H and O–H groups in total. The number of carbonyl (C=O) groups excluding carboxylic acids is 1. The quantitative estimate of drug-likeness (QED) is 0.711. The number of ether oxygens (including phenoxy) is 2. The zero-order chi connectivity index (χ0) is 18.6. The molecule has 0 aliphatic carbocycles. The van der Waals surface area contributed by atoms with Crippen LogP contribution in [0.1, 0.15) is 10.5 Å². The van der Waals surface area contributed by atoms with Gasteiger partial charge in [-0.1, -0.05) is 17.7 Å².